The number of phenols is 1. The van der Waals surface area contributed by atoms with E-state index in [2.05, 4.69) is 26.6 Å². The molecule has 1 aromatic rings. The quantitative estimate of drug-likeness (QED) is 0.0651. The van der Waals surface area contributed by atoms with Gasteiger partial charge >= 0.3 is 11.9 Å². The Balaban J connectivity index is 3.38. The number of carbonyl (C=O) groups excluding carboxylic acids is 5. The Kier molecular flexibility index (Phi) is 19.6. The summed E-state index contributed by atoms with van der Waals surface area (Å²) in [6.07, 6.45) is 1.27. The molecule has 0 bridgehead atoms. The van der Waals surface area contributed by atoms with Crippen LogP contribution in [0.3, 0.4) is 0 Å². The third-order valence-electron chi connectivity index (χ3n) is 7.47. The summed E-state index contributed by atoms with van der Waals surface area (Å²) < 4.78 is 0. The number of nitrogens with two attached hydrogens (primary N) is 1. The van der Waals surface area contributed by atoms with Crippen molar-refractivity contribution in [1.29, 1.82) is 0 Å². The van der Waals surface area contributed by atoms with E-state index in [0.717, 1.165) is 0 Å². The summed E-state index contributed by atoms with van der Waals surface area (Å²) >= 11 is 1.49. The van der Waals surface area contributed by atoms with Gasteiger partial charge in [-0.1, -0.05) is 39.8 Å². The molecule has 0 aliphatic rings. The van der Waals surface area contributed by atoms with Crippen LogP contribution >= 0.6 is 11.8 Å². The first-order chi connectivity index (χ1) is 23.9. The molecule has 1 aromatic carbocycles. The van der Waals surface area contributed by atoms with E-state index in [1.54, 1.807) is 27.7 Å². The summed E-state index contributed by atoms with van der Waals surface area (Å²) in [6, 6.07) is -2.58. The molecule has 0 aliphatic heterocycles. The standard InChI is InChI=1S/C33H52N6O11S/c1-17(2)12-22(35-28(44)21(34)10-11-51-5)29(45)38-25(15-27(42)43)32(48)37-24(14-19-6-8-20(41)9-7-19)31(47)36-23(13-18(3)4)30(46)39-26(16-40)33(49)50/h6-9,17-18,21-26,40-41H,10-16,34H2,1-5H3,(H,35,44)(H,36,47)(H,37,48)(H,38,45)(H,39,46)(H,42,43)(H,49,50)/t21-,22-,23-,24-,25-,26-/m0/s1. The maximum absolute atomic E-state index is 13.7. The Hall–Kier alpha value is -4.42. The lowest BCUT2D eigenvalue weighted by Gasteiger charge is -2.27. The van der Waals surface area contributed by atoms with Gasteiger partial charge < -0.3 is 52.7 Å². The Morgan fingerprint density at radius 3 is 1.57 bits per heavy atom. The number of rotatable bonds is 23. The zero-order valence-corrected chi connectivity index (χ0v) is 30.3. The molecular weight excluding hydrogens is 688 g/mol. The summed E-state index contributed by atoms with van der Waals surface area (Å²) in [5.74, 6) is -7.03. The van der Waals surface area contributed by atoms with Gasteiger partial charge in [0.1, 0.15) is 36.0 Å². The van der Waals surface area contributed by atoms with Gasteiger partial charge in [-0.15, -0.1) is 0 Å². The number of carboxylic acids is 2. The lowest BCUT2D eigenvalue weighted by atomic mass is 10.00. The number of hydrogen-bond donors (Lipinski definition) is 10. The first kappa shape index (κ1) is 44.6. The van der Waals surface area contributed by atoms with Crippen molar-refractivity contribution < 1.29 is 54.0 Å². The van der Waals surface area contributed by atoms with Crippen molar-refractivity contribution >= 4 is 53.2 Å². The molecule has 0 unspecified atom stereocenters. The van der Waals surface area contributed by atoms with E-state index >= 15 is 0 Å². The Labute approximate surface area is 301 Å². The largest absolute Gasteiger partial charge is 0.508 e. The Morgan fingerprint density at radius 2 is 1.12 bits per heavy atom. The van der Waals surface area contributed by atoms with Gasteiger partial charge in [-0.2, -0.15) is 11.8 Å². The molecule has 0 spiro atoms. The van der Waals surface area contributed by atoms with Gasteiger partial charge in [-0.3, -0.25) is 28.8 Å². The normalized spacial score (nSPS) is 14.7. The van der Waals surface area contributed by atoms with E-state index in [4.69, 9.17) is 5.73 Å². The Bertz CT molecular complexity index is 1340. The van der Waals surface area contributed by atoms with Crippen LogP contribution in [0.2, 0.25) is 0 Å². The predicted octanol–water partition coefficient (Wildman–Crippen LogP) is -0.917. The number of carboxylic acid groups (broad SMARTS) is 2. The average Bonchev–Trinajstić information content (AvgIpc) is 3.04. The van der Waals surface area contributed by atoms with Gasteiger partial charge in [0, 0.05) is 6.42 Å². The number of carbonyl (C=O) groups is 7. The number of thioether (sulfide) groups is 1. The van der Waals surface area contributed by atoms with Crippen LogP contribution in [0.25, 0.3) is 0 Å². The highest BCUT2D eigenvalue weighted by Crippen LogP contribution is 2.14. The minimum Gasteiger partial charge on any atom is -0.508 e. The molecule has 17 nitrogen and oxygen atoms in total. The van der Waals surface area contributed by atoms with Crippen LogP contribution in [0.15, 0.2) is 24.3 Å². The molecule has 11 N–H and O–H groups in total. The van der Waals surface area contributed by atoms with E-state index in [9.17, 15) is 54.0 Å². The highest BCUT2D eigenvalue weighted by Gasteiger charge is 2.34. The van der Waals surface area contributed by atoms with E-state index in [-0.39, 0.29) is 36.8 Å². The van der Waals surface area contributed by atoms with Crippen LogP contribution < -0.4 is 32.3 Å². The Morgan fingerprint density at radius 1 is 0.686 bits per heavy atom. The molecule has 0 saturated carbocycles. The van der Waals surface area contributed by atoms with Crippen molar-refractivity contribution in [3.05, 3.63) is 29.8 Å². The SMILES string of the molecule is CSCC[C@H](N)C(=O)N[C@@H](CC(C)C)C(=O)N[C@@H](CC(=O)O)C(=O)N[C@@H](Cc1ccc(O)cc1)C(=O)N[C@@H](CC(C)C)C(=O)N[C@@H](CO)C(=O)O. The second-order valence-corrected chi connectivity index (χ2v) is 13.9. The molecular formula is C33H52N6O11S. The van der Waals surface area contributed by atoms with Crippen LogP contribution in [0.1, 0.15) is 58.9 Å². The number of aliphatic hydroxyl groups excluding tert-OH is 1. The fraction of sp³-hybridized carbons (Fsp3) is 0.606. The third kappa shape index (κ3) is 16.9. The zero-order chi connectivity index (χ0) is 38.8. The van der Waals surface area contributed by atoms with Crippen LogP contribution in [-0.2, 0) is 40.0 Å². The van der Waals surface area contributed by atoms with Crippen LogP contribution in [0.4, 0.5) is 0 Å². The highest BCUT2D eigenvalue weighted by molar-refractivity contribution is 7.98. The van der Waals surface area contributed by atoms with Gasteiger partial charge in [0.25, 0.3) is 0 Å². The number of aliphatic carboxylic acids is 2. The maximum atomic E-state index is 13.7. The summed E-state index contributed by atoms with van der Waals surface area (Å²) in [5, 5.41) is 50.0. The first-order valence-corrected chi connectivity index (χ1v) is 17.9. The molecule has 0 fully saturated rings. The average molecular weight is 741 g/mol. The minimum absolute atomic E-state index is 0.0385. The summed E-state index contributed by atoms with van der Waals surface area (Å²) in [7, 11) is 0. The van der Waals surface area contributed by atoms with Crippen LogP contribution in [0, 0.1) is 11.8 Å². The lowest BCUT2D eigenvalue weighted by Crippen LogP contribution is -2.60. The number of hydrogen-bond acceptors (Lipinski definition) is 11. The van der Waals surface area contributed by atoms with Crippen molar-refractivity contribution in [2.45, 2.75) is 96.1 Å². The summed E-state index contributed by atoms with van der Waals surface area (Å²) in [4.78, 5) is 89.7. The molecule has 0 aliphatic carbocycles. The van der Waals surface area contributed by atoms with Crippen LogP contribution in [-0.4, -0.2) is 117 Å². The maximum Gasteiger partial charge on any atom is 0.328 e. The lowest BCUT2D eigenvalue weighted by molar-refractivity contribution is -0.143. The first-order valence-electron chi connectivity index (χ1n) is 16.5. The molecule has 5 amide bonds. The molecule has 18 heteroatoms. The summed E-state index contributed by atoms with van der Waals surface area (Å²) in [5.41, 5.74) is 6.41. The van der Waals surface area contributed by atoms with Gasteiger partial charge in [0.15, 0.2) is 0 Å². The highest BCUT2D eigenvalue weighted by atomic mass is 32.2. The van der Waals surface area contributed by atoms with Crippen molar-refractivity contribution in [2.75, 3.05) is 18.6 Å². The minimum atomic E-state index is -1.71. The topological polar surface area (TPSA) is 287 Å². The number of aliphatic hydroxyl groups is 1. The van der Waals surface area contributed by atoms with Crippen molar-refractivity contribution in [3.63, 3.8) is 0 Å². The molecule has 286 valence electrons. The van der Waals surface area contributed by atoms with E-state index in [1.807, 2.05) is 6.26 Å². The molecule has 0 saturated heterocycles. The fourth-order valence-corrected chi connectivity index (χ4v) is 5.29. The van der Waals surface area contributed by atoms with Crippen molar-refractivity contribution in [3.8, 4) is 5.75 Å². The van der Waals surface area contributed by atoms with Gasteiger partial charge in [-0.05, 0) is 60.8 Å². The second-order valence-electron chi connectivity index (χ2n) is 12.9. The smallest absolute Gasteiger partial charge is 0.328 e. The number of phenolic OH excluding ortho intramolecular Hbond substituents is 1. The number of benzene rings is 1. The van der Waals surface area contributed by atoms with E-state index in [1.165, 1.54) is 36.0 Å². The number of nitrogens with one attached hydrogen (secondary N) is 5. The molecule has 0 aromatic heterocycles. The molecule has 0 heterocycles. The predicted molar refractivity (Wildman–Crippen MR) is 188 cm³/mol. The zero-order valence-electron chi connectivity index (χ0n) is 29.5. The molecule has 0 radical (unpaired) electrons. The van der Waals surface area contributed by atoms with Crippen LogP contribution in [0.5, 0.6) is 5.75 Å². The third-order valence-corrected chi connectivity index (χ3v) is 8.11. The van der Waals surface area contributed by atoms with E-state index < -0.39 is 90.8 Å². The van der Waals surface area contributed by atoms with Crippen molar-refractivity contribution in [1.82, 2.24) is 26.6 Å². The van der Waals surface area contributed by atoms with Gasteiger partial charge in [0.2, 0.25) is 29.5 Å². The van der Waals surface area contributed by atoms with Crippen molar-refractivity contribution in [2.24, 2.45) is 17.6 Å². The molecule has 1 rings (SSSR count). The number of aromatic hydroxyl groups is 1. The second kappa shape index (κ2) is 22.4. The van der Waals surface area contributed by atoms with Gasteiger partial charge in [-0.25, -0.2) is 4.79 Å². The summed E-state index contributed by atoms with van der Waals surface area (Å²) in [6.45, 7) is 6.18. The fourth-order valence-electron chi connectivity index (χ4n) is 4.80. The van der Waals surface area contributed by atoms with E-state index in [0.29, 0.717) is 17.7 Å². The number of amides is 5. The monoisotopic (exact) mass is 740 g/mol. The molecule has 51 heavy (non-hydrogen) atoms. The van der Waals surface area contributed by atoms with Gasteiger partial charge in [0.05, 0.1) is 19.1 Å². The molecule has 6 atom stereocenters.